The van der Waals surface area contributed by atoms with Crippen LogP contribution < -0.4 is 5.32 Å². The third-order valence-corrected chi connectivity index (χ3v) is 6.14. The highest BCUT2D eigenvalue weighted by atomic mass is 32.2. The average Bonchev–Trinajstić information content (AvgIpc) is 2.65. The predicted molar refractivity (Wildman–Crippen MR) is 66.3 cm³/mol. The third-order valence-electron chi connectivity index (χ3n) is 4.25. The quantitative estimate of drug-likeness (QED) is 0.823. The normalized spacial score (nSPS) is 38.7. The van der Waals surface area contributed by atoms with Crippen LogP contribution in [0.1, 0.15) is 45.4 Å². The lowest BCUT2D eigenvalue weighted by molar-refractivity contribution is 0.273. The Bertz CT molecular complexity index is 331. The van der Waals surface area contributed by atoms with Crippen molar-refractivity contribution in [3.63, 3.8) is 0 Å². The molecule has 0 aromatic carbocycles. The number of nitrogens with one attached hydrogen (secondary N) is 1. The van der Waals surface area contributed by atoms with Gasteiger partial charge in [-0.05, 0) is 51.0 Å². The van der Waals surface area contributed by atoms with Crippen molar-refractivity contribution in [2.24, 2.45) is 5.92 Å². The predicted octanol–water partition coefficient (Wildman–Crippen LogP) is 1.73. The van der Waals surface area contributed by atoms with E-state index in [4.69, 9.17) is 0 Å². The zero-order valence-electron chi connectivity index (χ0n) is 10.2. The monoisotopic (exact) mass is 245 g/mol. The molecule has 2 rings (SSSR count). The second kappa shape index (κ2) is 4.65. The first kappa shape index (κ1) is 12.4. The Morgan fingerprint density at radius 3 is 2.75 bits per heavy atom. The maximum atomic E-state index is 11.6. The van der Waals surface area contributed by atoms with Crippen LogP contribution in [0.3, 0.4) is 0 Å². The average molecular weight is 245 g/mol. The minimum Gasteiger partial charge on any atom is -0.311 e. The molecular formula is C12H23NO2S. The van der Waals surface area contributed by atoms with Gasteiger partial charge in [0, 0.05) is 5.54 Å². The Morgan fingerprint density at radius 1 is 1.38 bits per heavy atom. The van der Waals surface area contributed by atoms with Gasteiger partial charge in [0.15, 0.2) is 9.84 Å². The number of rotatable bonds is 3. The number of hydrogen-bond donors (Lipinski definition) is 1. The van der Waals surface area contributed by atoms with Crippen molar-refractivity contribution in [2.45, 2.75) is 51.0 Å². The SMILES string of the molecule is CCC1(CC2CCCS(=O)(=O)C2)CCCN1. The van der Waals surface area contributed by atoms with Crippen molar-refractivity contribution >= 4 is 9.84 Å². The van der Waals surface area contributed by atoms with E-state index < -0.39 is 9.84 Å². The summed E-state index contributed by atoms with van der Waals surface area (Å²) in [5.41, 5.74) is 0.248. The summed E-state index contributed by atoms with van der Waals surface area (Å²) < 4.78 is 23.2. The Balaban J connectivity index is 1.98. The molecule has 16 heavy (non-hydrogen) atoms. The molecule has 2 aliphatic rings. The summed E-state index contributed by atoms with van der Waals surface area (Å²) in [6.07, 6.45) is 6.62. The van der Waals surface area contributed by atoms with E-state index in [-0.39, 0.29) is 5.54 Å². The van der Waals surface area contributed by atoms with Gasteiger partial charge in [-0.3, -0.25) is 0 Å². The molecule has 2 fully saturated rings. The van der Waals surface area contributed by atoms with Gasteiger partial charge in [0.05, 0.1) is 11.5 Å². The molecular weight excluding hydrogens is 222 g/mol. The fourth-order valence-electron chi connectivity index (χ4n) is 3.32. The zero-order valence-corrected chi connectivity index (χ0v) is 11.0. The van der Waals surface area contributed by atoms with Gasteiger partial charge in [-0.1, -0.05) is 6.92 Å². The van der Waals surface area contributed by atoms with Gasteiger partial charge in [0.25, 0.3) is 0 Å². The molecule has 2 aliphatic heterocycles. The van der Waals surface area contributed by atoms with Crippen LogP contribution in [-0.4, -0.2) is 32.0 Å². The first-order chi connectivity index (χ1) is 7.55. The van der Waals surface area contributed by atoms with Crippen molar-refractivity contribution in [2.75, 3.05) is 18.1 Å². The maximum Gasteiger partial charge on any atom is 0.150 e. The highest BCUT2D eigenvalue weighted by Crippen LogP contribution is 2.33. The molecule has 3 nitrogen and oxygen atoms in total. The third kappa shape index (κ3) is 2.77. The van der Waals surface area contributed by atoms with Gasteiger partial charge in [0.1, 0.15) is 0 Å². The van der Waals surface area contributed by atoms with Crippen LogP contribution in [0.25, 0.3) is 0 Å². The van der Waals surface area contributed by atoms with Crippen molar-refractivity contribution in [3.8, 4) is 0 Å². The van der Waals surface area contributed by atoms with Crippen LogP contribution in [-0.2, 0) is 9.84 Å². The van der Waals surface area contributed by atoms with Gasteiger partial charge in [-0.25, -0.2) is 8.42 Å². The first-order valence-corrected chi connectivity index (χ1v) is 8.33. The molecule has 4 heteroatoms. The number of sulfone groups is 1. The van der Waals surface area contributed by atoms with E-state index in [0.717, 1.165) is 32.2 Å². The largest absolute Gasteiger partial charge is 0.311 e. The van der Waals surface area contributed by atoms with Gasteiger partial charge < -0.3 is 5.32 Å². The molecule has 0 bridgehead atoms. The van der Waals surface area contributed by atoms with E-state index in [1.165, 1.54) is 12.8 Å². The molecule has 2 atom stereocenters. The van der Waals surface area contributed by atoms with Gasteiger partial charge >= 0.3 is 0 Å². The van der Waals surface area contributed by atoms with Crippen molar-refractivity contribution in [3.05, 3.63) is 0 Å². The van der Waals surface area contributed by atoms with Gasteiger partial charge in [-0.2, -0.15) is 0 Å². The van der Waals surface area contributed by atoms with E-state index in [2.05, 4.69) is 12.2 Å². The Morgan fingerprint density at radius 2 is 2.19 bits per heavy atom. The van der Waals surface area contributed by atoms with E-state index in [9.17, 15) is 8.42 Å². The molecule has 0 aliphatic carbocycles. The standard InChI is InChI=1S/C12H23NO2S/c1-2-12(6-4-7-13-12)9-11-5-3-8-16(14,15)10-11/h11,13H,2-10H2,1H3. The molecule has 2 saturated heterocycles. The summed E-state index contributed by atoms with van der Waals surface area (Å²) in [5, 5.41) is 3.60. The summed E-state index contributed by atoms with van der Waals surface area (Å²) in [7, 11) is -2.74. The fraction of sp³-hybridized carbons (Fsp3) is 1.00. The first-order valence-electron chi connectivity index (χ1n) is 6.51. The zero-order chi connectivity index (χ0) is 11.6. The van der Waals surface area contributed by atoms with E-state index >= 15 is 0 Å². The molecule has 94 valence electrons. The topological polar surface area (TPSA) is 46.2 Å². The van der Waals surface area contributed by atoms with Crippen LogP contribution in [0.15, 0.2) is 0 Å². The summed E-state index contributed by atoms with van der Waals surface area (Å²) in [6, 6.07) is 0. The molecule has 0 aromatic heterocycles. The Hall–Kier alpha value is -0.0900. The highest BCUT2D eigenvalue weighted by molar-refractivity contribution is 7.91. The second-order valence-corrected chi connectivity index (χ2v) is 7.72. The van der Waals surface area contributed by atoms with Crippen molar-refractivity contribution < 1.29 is 8.42 Å². The maximum absolute atomic E-state index is 11.6. The van der Waals surface area contributed by atoms with Crippen molar-refractivity contribution in [1.82, 2.24) is 5.32 Å². The lowest BCUT2D eigenvalue weighted by Crippen LogP contribution is -2.42. The smallest absolute Gasteiger partial charge is 0.150 e. The summed E-state index contributed by atoms with van der Waals surface area (Å²) in [4.78, 5) is 0. The van der Waals surface area contributed by atoms with Gasteiger partial charge in [-0.15, -0.1) is 0 Å². The fourth-order valence-corrected chi connectivity index (χ4v) is 5.10. The molecule has 0 amide bonds. The van der Waals surface area contributed by atoms with Crippen LogP contribution in [0, 0.1) is 5.92 Å². The lowest BCUT2D eigenvalue weighted by Gasteiger charge is -2.34. The summed E-state index contributed by atoms with van der Waals surface area (Å²) in [6.45, 7) is 3.32. The molecule has 2 unspecified atom stereocenters. The minimum atomic E-state index is -2.74. The molecule has 0 aromatic rings. The molecule has 2 heterocycles. The lowest BCUT2D eigenvalue weighted by atomic mass is 9.83. The highest BCUT2D eigenvalue weighted by Gasteiger charge is 2.36. The van der Waals surface area contributed by atoms with Crippen molar-refractivity contribution in [1.29, 1.82) is 0 Å². The van der Waals surface area contributed by atoms with E-state index in [0.29, 0.717) is 17.4 Å². The molecule has 0 spiro atoms. The number of hydrogen-bond acceptors (Lipinski definition) is 3. The molecule has 0 saturated carbocycles. The summed E-state index contributed by atoms with van der Waals surface area (Å²) >= 11 is 0. The van der Waals surface area contributed by atoms with E-state index in [1.54, 1.807) is 0 Å². The Kier molecular flexibility index (Phi) is 3.59. The molecule has 0 radical (unpaired) electrons. The van der Waals surface area contributed by atoms with E-state index in [1.807, 2.05) is 0 Å². The van der Waals surface area contributed by atoms with Crippen LogP contribution in [0.5, 0.6) is 0 Å². The van der Waals surface area contributed by atoms with Crippen LogP contribution in [0.4, 0.5) is 0 Å². The molecule has 1 N–H and O–H groups in total. The minimum absolute atomic E-state index is 0.248. The van der Waals surface area contributed by atoms with Gasteiger partial charge in [0.2, 0.25) is 0 Å². The van der Waals surface area contributed by atoms with Crippen LogP contribution in [0.2, 0.25) is 0 Å². The summed E-state index contributed by atoms with van der Waals surface area (Å²) in [5.74, 6) is 1.23. The Labute approximate surface area is 98.9 Å². The van der Waals surface area contributed by atoms with Crippen LogP contribution >= 0.6 is 0 Å². The second-order valence-electron chi connectivity index (χ2n) is 5.49.